The van der Waals surface area contributed by atoms with Crippen LogP contribution in [0.4, 0.5) is 0 Å². The molecule has 2 aromatic rings. The van der Waals surface area contributed by atoms with E-state index in [1.54, 1.807) is 16.4 Å². The number of aryl methyl sites for hydroxylation is 2. The van der Waals surface area contributed by atoms with E-state index in [1.807, 2.05) is 12.1 Å². The standard InChI is InChI=1S/C25H34N2O3S/c1-3-5-7-22-12-14-25(15-13-22)31(28,29)27-18-16-24(17-19-27)26-30-20-23-10-8-21(6-4-2)9-11-23/h8-15H,3-7,16-20H2,1-2H3. The summed E-state index contributed by atoms with van der Waals surface area (Å²) in [4.78, 5) is 5.90. The Bertz CT molecular complexity index is 941. The fraction of sp³-hybridized carbons (Fsp3) is 0.480. The summed E-state index contributed by atoms with van der Waals surface area (Å²) in [6, 6.07) is 15.8. The summed E-state index contributed by atoms with van der Waals surface area (Å²) in [7, 11) is -3.46. The first-order valence-corrected chi connectivity index (χ1v) is 12.8. The van der Waals surface area contributed by atoms with Crippen LogP contribution in [0.25, 0.3) is 0 Å². The van der Waals surface area contributed by atoms with E-state index in [0.29, 0.717) is 37.4 Å². The van der Waals surface area contributed by atoms with Gasteiger partial charge in [0, 0.05) is 25.9 Å². The van der Waals surface area contributed by atoms with Crippen LogP contribution in [0.2, 0.25) is 0 Å². The minimum atomic E-state index is -3.46. The zero-order valence-electron chi connectivity index (χ0n) is 18.7. The molecule has 0 atom stereocenters. The Kier molecular flexibility index (Phi) is 8.67. The summed E-state index contributed by atoms with van der Waals surface area (Å²) >= 11 is 0. The second-order valence-corrected chi connectivity index (χ2v) is 10.1. The van der Waals surface area contributed by atoms with Crippen LogP contribution in [0.15, 0.2) is 58.6 Å². The summed E-state index contributed by atoms with van der Waals surface area (Å²) < 4.78 is 27.4. The molecular formula is C25H34N2O3S. The van der Waals surface area contributed by atoms with Crippen LogP contribution < -0.4 is 0 Å². The Morgan fingerprint density at radius 2 is 1.42 bits per heavy atom. The highest BCUT2D eigenvalue weighted by atomic mass is 32.2. The minimum absolute atomic E-state index is 0.371. The van der Waals surface area contributed by atoms with Crippen LogP contribution >= 0.6 is 0 Å². The molecule has 3 rings (SSSR count). The van der Waals surface area contributed by atoms with Gasteiger partial charge in [0.25, 0.3) is 0 Å². The Balaban J connectivity index is 1.49. The number of piperidine rings is 1. The molecule has 5 nitrogen and oxygen atoms in total. The van der Waals surface area contributed by atoms with Gasteiger partial charge >= 0.3 is 0 Å². The number of unbranched alkanes of at least 4 members (excludes halogenated alkanes) is 1. The molecule has 31 heavy (non-hydrogen) atoms. The molecule has 0 amide bonds. The summed E-state index contributed by atoms with van der Waals surface area (Å²) in [6.07, 6.45) is 6.67. The van der Waals surface area contributed by atoms with E-state index < -0.39 is 10.0 Å². The van der Waals surface area contributed by atoms with Crippen molar-refractivity contribution in [2.24, 2.45) is 5.16 Å². The molecule has 0 saturated carbocycles. The van der Waals surface area contributed by atoms with Crippen LogP contribution in [0.3, 0.4) is 0 Å². The molecule has 6 heteroatoms. The van der Waals surface area contributed by atoms with Crippen LogP contribution in [0.5, 0.6) is 0 Å². The van der Waals surface area contributed by atoms with Crippen LogP contribution in [0.1, 0.15) is 62.6 Å². The highest BCUT2D eigenvalue weighted by Crippen LogP contribution is 2.21. The highest BCUT2D eigenvalue weighted by Gasteiger charge is 2.28. The van der Waals surface area contributed by atoms with E-state index in [9.17, 15) is 8.42 Å². The van der Waals surface area contributed by atoms with Gasteiger partial charge in [-0.1, -0.05) is 68.2 Å². The summed E-state index contributed by atoms with van der Waals surface area (Å²) in [6.45, 7) is 5.64. The number of nitrogens with zero attached hydrogens (tertiary/aromatic N) is 2. The van der Waals surface area contributed by atoms with Crippen molar-refractivity contribution in [1.82, 2.24) is 4.31 Å². The lowest BCUT2D eigenvalue weighted by Crippen LogP contribution is -2.38. The average Bonchev–Trinajstić information content (AvgIpc) is 2.80. The van der Waals surface area contributed by atoms with Gasteiger partial charge in [0.05, 0.1) is 10.6 Å². The molecule has 0 unspecified atom stereocenters. The van der Waals surface area contributed by atoms with Crippen molar-refractivity contribution in [3.63, 3.8) is 0 Å². The van der Waals surface area contributed by atoms with Crippen molar-refractivity contribution in [2.75, 3.05) is 13.1 Å². The van der Waals surface area contributed by atoms with Gasteiger partial charge in [0.2, 0.25) is 10.0 Å². The maximum atomic E-state index is 12.9. The first kappa shape index (κ1) is 23.5. The normalized spacial score (nSPS) is 15.1. The van der Waals surface area contributed by atoms with E-state index >= 15 is 0 Å². The Morgan fingerprint density at radius 3 is 2.03 bits per heavy atom. The Morgan fingerprint density at radius 1 is 0.839 bits per heavy atom. The zero-order chi connectivity index (χ0) is 22.1. The predicted octanol–water partition coefficient (Wildman–Crippen LogP) is 5.34. The molecule has 168 valence electrons. The lowest BCUT2D eigenvalue weighted by Gasteiger charge is -2.26. The third kappa shape index (κ3) is 6.65. The van der Waals surface area contributed by atoms with E-state index in [4.69, 9.17) is 4.84 Å². The number of hydrogen-bond donors (Lipinski definition) is 0. The Hall–Kier alpha value is -2.18. The SMILES string of the molecule is CCCCc1ccc(S(=O)(=O)N2CCC(=NOCc3ccc(CCC)cc3)CC2)cc1. The number of sulfonamides is 1. The third-order valence-corrected chi connectivity index (χ3v) is 7.58. The second kappa shape index (κ2) is 11.4. The molecule has 0 aromatic heterocycles. The van der Waals surface area contributed by atoms with Gasteiger partial charge in [0.15, 0.2) is 0 Å². The van der Waals surface area contributed by atoms with Crippen LogP contribution in [0, 0.1) is 0 Å². The maximum absolute atomic E-state index is 12.9. The molecule has 2 aromatic carbocycles. The lowest BCUT2D eigenvalue weighted by molar-refractivity contribution is 0.128. The van der Waals surface area contributed by atoms with Crippen LogP contribution in [-0.2, 0) is 34.3 Å². The van der Waals surface area contributed by atoms with Crippen molar-refractivity contribution < 1.29 is 13.3 Å². The van der Waals surface area contributed by atoms with Gasteiger partial charge in [-0.25, -0.2) is 8.42 Å². The minimum Gasteiger partial charge on any atom is -0.391 e. The fourth-order valence-corrected chi connectivity index (χ4v) is 5.16. The van der Waals surface area contributed by atoms with Crippen molar-refractivity contribution >= 4 is 15.7 Å². The van der Waals surface area contributed by atoms with Gasteiger partial charge in [-0.15, -0.1) is 0 Å². The highest BCUT2D eigenvalue weighted by molar-refractivity contribution is 7.89. The fourth-order valence-electron chi connectivity index (χ4n) is 3.72. The number of rotatable bonds is 10. The maximum Gasteiger partial charge on any atom is 0.243 e. The molecule has 0 aliphatic carbocycles. The molecule has 0 bridgehead atoms. The second-order valence-electron chi connectivity index (χ2n) is 8.15. The van der Waals surface area contributed by atoms with E-state index in [-0.39, 0.29) is 0 Å². The van der Waals surface area contributed by atoms with Crippen molar-refractivity contribution in [3.8, 4) is 0 Å². The molecule has 0 spiro atoms. The molecule has 1 aliphatic rings. The third-order valence-electron chi connectivity index (χ3n) is 5.67. The molecule has 1 saturated heterocycles. The van der Waals surface area contributed by atoms with Gasteiger partial charge < -0.3 is 4.84 Å². The van der Waals surface area contributed by atoms with Crippen molar-refractivity contribution in [3.05, 3.63) is 65.2 Å². The van der Waals surface area contributed by atoms with Gasteiger partial charge in [0.1, 0.15) is 6.61 Å². The quantitative estimate of drug-likeness (QED) is 0.467. The number of benzene rings is 2. The molecular weight excluding hydrogens is 408 g/mol. The molecule has 0 radical (unpaired) electrons. The molecule has 0 N–H and O–H groups in total. The average molecular weight is 443 g/mol. The van der Waals surface area contributed by atoms with Crippen molar-refractivity contribution in [2.45, 2.75) is 70.3 Å². The summed E-state index contributed by atoms with van der Waals surface area (Å²) in [5, 5.41) is 4.26. The predicted molar refractivity (Wildman–Crippen MR) is 126 cm³/mol. The van der Waals surface area contributed by atoms with Crippen LogP contribution in [-0.4, -0.2) is 31.5 Å². The van der Waals surface area contributed by atoms with Crippen molar-refractivity contribution in [1.29, 1.82) is 0 Å². The first-order chi connectivity index (χ1) is 15.0. The van der Waals surface area contributed by atoms with E-state index in [1.165, 1.54) is 11.1 Å². The Labute approximate surface area is 187 Å². The van der Waals surface area contributed by atoms with E-state index in [0.717, 1.165) is 43.4 Å². The van der Waals surface area contributed by atoms with Gasteiger partial charge in [-0.2, -0.15) is 4.31 Å². The van der Waals surface area contributed by atoms with Gasteiger partial charge in [-0.05, 0) is 48.1 Å². The zero-order valence-corrected chi connectivity index (χ0v) is 19.5. The first-order valence-electron chi connectivity index (χ1n) is 11.4. The molecule has 1 heterocycles. The molecule has 1 aliphatic heterocycles. The largest absolute Gasteiger partial charge is 0.391 e. The lowest BCUT2D eigenvalue weighted by atomic mass is 10.1. The smallest absolute Gasteiger partial charge is 0.243 e. The number of hydrogen-bond acceptors (Lipinski definition) is 4. The van der Waals surface area contributed by atoms with Gasteiger partial charge in [-0.3, -0.25) is 0 Å². The van der Waals surface area contributed by atoms with E-state index in [2.05, 4.69) is 43.3 Å². The molecule has 1 fully saturated rings. The summed E-state index contributed by atoms with van der Waals surface area (Å²) in [5.41, 5.74) is 4.53. The monoisotopic (exact) mass is 442 g/mol. The topological polar surface area (TPSA) is 59.0 Å². The number of oxime groups is 1. The summed E-state index contributed by atoms with van der Waals surface area (Å²) in [5.74, 6) is 0.